The molecule has 0 radical (unpaired) electrons. The molecule has 4 rings (SSSR count). The Morgan fingerprint density at radius 2 is 1.78 bits per heavy atom. The van der Waals surface area contributed by atoms with E-state index in [9.17, 15) is 13.2 Å². The molecule has 12 heteroatoms. The largest absolute Gasteiger partial charge is 0.362 e. The average molecular weight is 582 g/mol. The van der Waals surface area contributed by atoms with Gasteiger partial charge >= 0.3 is 0 Å². The molecule has 2 heterocycles. The second kappa shape index (κ2) is 11.3. The van der Waals surface area contributed by atoms with Crippen molar-refractivity contribution in [2.45, 2.75) is 66.0 Å². The molecule has 1 fully saturated rings. The van der Waals surface area contributed by atoms with Gasteiger partial charge in [0.25, 0.3) is 5.91 Å². The van der Waals surface area contributed by atoms with Crippen molar-refractivity contribution in [2.75, 3.05) is 30.6 Å². The van der Waals surface area contributed by atoms with E-state index in [0.717, 1.165) is 53.7 Å². The Bertz CT molecular complexity index is 1400. The number of thiophene rings is 1. The maximum absolute atomic E-state index is 13.1. The molecule has 1 aliphatic rings. The first-order valence-corrected chi connectivity index (χ1v) is 16.1. The lowest BCUT2D eigenvalue weighted by Gasteiger charge is -2.30. The number of carbonyl (C=O) groups excluding carboxylic acids is 1. The Kier molecular flexibility index (Phi) is 8.57. The van der Waals surface area contributed by atoms with Crippen LogP contribution in [0.3, 0.4) is 0 Å². The number of para-hydroxylation sites is 1. The highest BCUT2D eigenvalue weighted by molar-refractivity contribution is 8.01. The molecule has 0 saturated heterocycles. The number of hydrogen-bond acceptors (Lipinski definition) is 9. The molecule has 0 atom stereocenters. The number of hydrogen-bond donors (Lipinski definition) is 2. The van der Waals surface area contributed by atoms with Crippen molar-refractivity contribution in [3.8, 4) is 0 Å². The number of sulfone groups is 1. The lowest BCUT2D eigenvalue weighted by molar-refractivity contribution is 0.0930. The molecule has 200 valence electrons. The summed E-state index contributed by atoms with van der Waals surface area (Å²) in [5.74, 6) is 1.15. The van der Waals surface area contributed by atoms with E-state index in [-0.39, 0.29) is 32.8 Å². The SMILES string of the molecule is CSc1sc(C(=O)NC2CCC(Nc3nc(N(C)C)c4ccccc4n3)CC2)c(Cl)c1S(=O)(=O)C(C)C. The van der Waals surface area contributed by atoms with Crippen molar-refractivity contribution in [2.24, 2.45) is 0 Å². The normalized spacial score (nSPS) is 18.2. The Morgan fingerprint density at radius 1 is 1.14 bits per heavy atom. The van der Waals surface area contributed by atoms with Crippen molar-refractivity contribution in [1.82, 2.24) is 15.3 Å². The van der Waals surface area contributed by atoms with Gasteiger partial charge in [-0.05, 0) is 57.9 Å². The Balaban J connectivity index is 1.42. The van der Waals surface area contributed by atoms with Crippen LogP contribution in [0.4, 0.5) is 11.8 Å². The van der Waals surface area contributed by atoms with Crippen LogP contribution in [-0.4, -0.2) is 62.0 Å². The molecule has 1 aromatic carbocycles. The van der Waals surface area contributed by atoms with Crippen LogP contribution in [0.2, 0.25) is 5.02 Å². The molecule has 1 saturated carbocycles. The van der Waals surface area contributed by atoms with E-state index in [0.29, 0.717) is 10.2 Å². The number of thioether (sulfide) groups is 1. The minimum Gasteiger partial charge on any atom is -0.362 e. The second-order valence-corrected chi connectivity index (χ2v) is 14.5. The van der Waals surface area contributed by atoms with E-state index in [1.54, 1.807) is 20.1 Å². The van der Waals surface area contributed by atoms with Crippen LogP contribution in [0.15, 0.2) is 33.4 Å². The zero-order chi connectivity index (χ0) is 26.9. The van der Waals surface area contributed by atoms with Crippen molar-refractivity contribution in [3.63, 3.8) is 0 Å². The average Bonchev–Trinajstić information content (AvgIpc) is 3.21. The van der Waals surface area contributed by atoms with E-state index < -0.39 is 15.1 Å². The molecule has 2 aromatic heterocycles. The highest BCUT2D eigenvalue weighted by Crippen LogP contribution is 2.43. The highest BCUT2D eigenvalue weighted by atomic mass is 35.5. The van der Waals surface area contributed by atoms with Gasteiger partial charge in [-0.3, -0.25) is 4.79 Å². The molecule has 1 amide bonds. The maximum atomic E-state index is 13.1. The zero-order valence-corrected chi connectivity index (χ0v) is 24.7. The van der Waals surface area contributed by atoms with Crippen molar-refractivity contribution >= 4 is 73.1 Å². The van der Waals surface area contributed by atoms with Gasteiger partial charge < -0.3 is 15.5 Å². The second-order valence-electron chi connectivity index (χ2n) is 9.61. The molecule has 8 nitrogen and oxygen atoms in total. The molecule has 3 aromatic rings. The number of anilines is 2. The molecule has 0 unspecified atom stereocenters. The monoisotopic (exact) mass is 581 g/mol. The van der Waals surface area contributed by atoms with Gasteiger partial charge in [0.1, 0.15) is 15.6 Å². The van der Waals surface area contributed by atoms with Crippen LogP contribution in [0.5, 0.6) is 0 Å². The first-order chi connectivity index (χ1) is 17.5. The predicted octanol–water partition coefficient (Wildman–Crippen LogP) is 5.47. The third kappa shape index (κ3) is 5.84. The van der Waals surface area contributed by atoms with Crippen LogP contribution >= 0.6 is 34.7 Å². The molecular weight excluding hydrogens is 550 g/mol. The number of aromatic nitrogens is 2. The summed E-state index contributed by atoms with van der Waals surface area (Å²) in [5, 5.41) is 6.96. The molecule has 37 heavy (non-hydrogen) atoms. The number of halogens is 1. The van der Waals surface area contributed by atoms with Crippen LogP contribution < -0.4 is 15.5 Å². The van der Waals surface area contributed by atoms with Gasteiger partial charge in [-0.2, -0.15) is 4.98 Å². The molecule has 1 aliphatic carbocycles. The quantitative estimate of drug-likeness (QED) is 0.338. The Morgan fingerprint density at radius 3 is 2.41 bits per heavy atom. The molecule has 0 spiro atoms. The Hall–Kier alpha value is -2.08. The van der Waals surface area contributed by atoms with Gasteiger partial charge in [-0.15, -0.1) is 23.1 Å². The topological polar surface area (TPSA) is 104 Å². The van der Waals surface area contributed by atoms with E-state index >= 15 is 0 Å². The van der Waals surface area contributed by atoms with Crippen LogP contribution in [0.1, 0.15) is 49.2 Å². The standard InChI is InChI=1S/C25H32ClN5O3S3/c1-14(2)37(33,34)21-19(26)20(36-24(21)35-5)23(32)27-15-10-12-16(13-11-15)28-25-29-18-9-7-6-8-17(18)22(30-25)31(3)4/h6-9,14-16H,10-13H2,1-5H3,(H,27,32)(H,28,29,30). The number of amides is 1. The number of nitrogens with zero attached hydrogens (tertiary/aromatic N) is 3. The molecule has 0 bridgehead atoms. The summed E-state index contributed by atoms with van der Waals surface area (Å²) in [7, 11) is 0.335. The van der Waals surface area contributed by atoms with Gasteiger partial charge in [0.15, 0.2) is 9.84 Å². The lowest BCUT2D eigenvalue weighted by atomic mass is 9.91. The van der Waals surface area contributed by atoms with E-state index in [2.05, 4.69) is 10.6 Å². The maximum Gasteiger partial charge on any atom is 0.263 e. The lowest BCUT2D eigenvalue weighted by Crippen LogP contribution is -2.40. The molecule has 2 N–H and O–H groups in total. The minimum atomic E-state index is -3.60. The summed E-state index contributed by atoms with van der Waals surface area (Å²) >= 11 is 8.90. The molecule has 0 aliphatic heterocycles. The first-order valence-electron chi connectivity index (χ1n) is 12.1. The summed E-state index contributed by atoms with van der Waals surface area (Å²) in [6.45, 7) is 3.23. The number of carbonyl (C=O) groups is 1. The highest BCUT2D eigenvalue weighted by Gasteiger charge is 2.33. The summed E-state index contributed by atoms with van der Waals surface area (Å²) in [6, 6.07) is 8.14. The van der Waals surface area contributed by atoms with Crippen molar-refractivity contribution in [1.29, 1.82) is 0 Å². The summed E-state index contributed by atoms with van der Waals surface area (Å²) in [4.78, 5) is 24.8. The fraction of sp³-hybridized carbons (Fsp3) is 0.480. The van der Waals surface area contributed by atoms with E-state index in [1.807, 2.05) is 43.3 Å². The smallest absolute Gasteiger partial charge is 0.263 e. The Labute approximate surface area is 231 Å². The third-order valence-corrected chi connectivity index (χ3v) is 11.9. The fourth-order valence-corrected chi connectivity index (χ4v) is 8.93. The number of rotatable bonds is 8. The van der Waals surface area contributed by atoms with Crippen LogP contribution in [0.25, 0.3) is 10.9 Å². The van der Waals surface area contributed by atoms with Gasteiger partial charge in [-0.1, -0.05) is 23.7 Å². The zero-order valence-electron chi connectivity index (χ0n) is 21.5. The first kappa shape index (κ1) is 27.9. The van der Waals surface area contributed by atoms with Crippen molar-refractivity contribution < 1.29 is 13.2 Å². The van der Waals surface area contributed by atoms with Gasteiger partial charge in [-0.25, -0.2) is 13.4 Å². The summed E-state index contributed by atoms with van der Waals surface area (Å²) < 4.78 is 26.2. The fourth-order valence-electron chi connectivity index (χ4n) is 4.41. The predicted molar refractivity (Wildman–Crippen MR) is 154 cm³/mol. The van der Waals surface area contributed by atoms with E-state index in [4.69, 9.17) is 21.6 Å². The number of benzene rings is 1. The summed E-state index contributed by atoms with van der Waals surface area (Å²) in [5.41, 5.74) is 0.890. The summed E-state index contributed by atoms with van der Waals surface area (Å²) in [6.07, 6.45) is 5.05. The minimum absolute atomic E-state index is 0.0125. The number of nitrogens with one attached hydrogen (secondary N) is 2. The third-order valence-electron chi connectivity index (χ3n) is 6.48. The number of fused-ring (bicyclic) bond motifs is 1. The van der Waals surface area contributed by atoms with Crippen LogP contribution in [0, 0.1) is 0 Å². The molecular formula is C25H32ClN5O3S3. The van der Waals surface area contributed by atoms with Gasteiger partial charge in [0.05, 0.1) is 20.0 Å². The van der Waals surface area contributed by atoms with E-state index in [1.165, 1.54) is 11.8 Å². The van der Waals surface area contributed by atoms with Gasteiger partial charge in [0, 0.05) is 31.6 Å². The van der Waals surface area contributed by atoms with Crippen molar-refractivity contribution in [3.05, 3.63) is 34.2 Å². The van der Waals surface area contributed by atoms with Crippen LogP contribution in [-0.2, 0) is 9.84 Å². The van der Waals surface area contributed by atoms with Gasteiger partial charge in [0.2, 0.25) is 5.95 Å².